The Morgan fingerprint density at radius 1 is 1.27 bits per heavy atom. The molecule has 33 heavy (non-hydrogen) atoms. The fraction of sp³-hybridized carbons (Fsp3) is 0.400. The molecule has 174 valence electrons. The van der Waals surface area contributed by atoms with E-state index in [1.807, 2.05) is 24.0 Å². The number of piperidine rings is 1. The zero-order valence-electron chi connectivity index (χ0n) is 19.3. The van der Waals surface area contributed by atoms with Crippen LogP contribution >= 0.6 is 12.2 Å². The molecule has 1 spiro atoms. The minimum Gasteiger partial charge on any atom is -0.508 e. The molecule has 3 N–H and O–H groups in total. The Kier molecular flexibility index (Phi) is 6.56. The summed E-state index contributed by atoms with van der Waals surface area (Å²) in [5.41, 5.74) is 7.37. The summed E-state index contributed by atoms with van der Waals surface area (Å²) in [6.45, 7) is 7.05. The maximum Gasteiger partial charge on any atom is 0.219 e. The first-order valence-electron chi connectivity index (χ1n) is 11.3. The Hall–Kier alpha value is -3.13. The fourth-order valence-electron chi connectivity index (χ4n) is 4.57. The Balaban J connectivity index is 1.56. The number of phenols is 1. The van der Waals surface area contributed by atoms with Gasteiger partial charge in [-0.05, 0) is 54.9 Å². The number of fused-ring (bicyclic) bond motifs is 1. The summed E-state index contributed by atoms with van der Waals surface area (Å²) in [6, 6.07) is 11.2. The van der Waals surface area contributed by atoms with Gasteiger partial charge in [0.15, 0.2) is 5.11 Å². The average molecular weight is 467 g/mol. The van der Waals surface area contributed by atoms with Crippen LogP contribution in [0.4, 0.5) is 5.69 Å². The van der Waals surface area contributed by atoms with E-state index < -0.39 is 5.60 Å². The van der Waals surface area contributed by atoms with Crippen molar-refractivity contribution in [1.82, 2.24) is 10.3 Å². The van der Waals surface area contributed by atoms with Gasteiger partial charge < -0.3 is 20.1 Å². The van der Waals surface area contributed by atoms with Gasteiger partial charge >= 0.3 is 0 Å². The first-order valence-corrected chi connectivity index (χ1v) is 11.7. The predicted molar refractivity (Wildman–Crippen MR) is 134 cm³/mol. The number of nitrogens with one attached hydrogen (secondary N) is 2. The summed E-state index contributed by atoms with van der Waals surface area (Å²) >= 11 is 5.53. The van der Waals surface area contributed by atoms with Crippen LogP contribution in [-0.4, -0.2) is 45.4 Å². The molecular weight excluding hydrogens is 436 g/mol. The third-order valence-electron chi connectivity index (χ3n) is 6.48. The second-order valence-corrected chi connectivity index (χ2v) is 9.14. The molecule has 1 fully saturated rings. The highest BCUT2D eigenvalue weighted by atomic mass is 32.1. The van der Waals surface area contributed by atoms with Crippen LogP contribution in [0.2, 0.25) is 0 Å². The smallest absolute Gasteiger partial charge is 0.219 e. The molecule has 0 radical (unpaired) electrons. The van der Waals surface area contributed by atoms with Crippen molar-refractivity contribution < 1.29 is 14.6 Å². The normalized spacial score (nSPS) is 17.9. The van der Waals surface area contributed by atoms with Gasteiger partial charge in [-0.2, -0.15) is 5.10 Å². The molecule has 2 heterocycles. The molecule has 1 amide bonds. The summed E-state index contributed by atoms with van der Waals surface area (Å²) in [6.07, 6.45) is 2.90. The molecule has 2 aliphatic heterocycles. The number of carbonyl (C=O) groups is 1. The molecular formula is C25H30N4O3S. The average Bonchev–Trinajstić information content (AvgIpc) is 2.79. The lowest BCUT2D eigenvalue weighted by atomic mass is 9.82. The van der Waals surface area contributed by atoms with Crippen molar-refractivity contribution in [3.63, 3.8) is 0 Å². The van der Waals surface area contributed by atoms with E-state index in [1.165, 1.54) is 5.56 Å². The number of thiocarbonyl (C=S) groups is 1. The second kappa shape index (κ2) is 9.39. The monoisotopic (exact) mass is 466 g/mol. The number of hydrazone groups is 1. The largest absolute Gasteiger partial charge is 0.508 e. The molecule has 0 unspecified atom stereocenters. The summed E-state index contributed by atoms with van der Waals surface area (Å²) in [5.74, 6) is 0.920. The molecule has 1 saturated heterocycles. The molecule has 0 bridgehead atoms. The number of anilines is 1. The molecule has 4 rings (SSSR count). The highest BCUT2D eigenvalue weighted by molar-refractivity contribution is 7.80. The third kappa shape index (κ3) is 4.95. The Labute approximate surface area is 199 Å². The summed E-state index contributed by atoms with van der Waals surface area (Å²) < 4.78 is 6.42. The number of aromatic hydroxyl groups is 1. The minimum absolute atomic E-state index is 0.0839. The highest BCUT2D eigenvalue weighted by Crippen LogP contribution is 2.40. The van der Waals surface area contributed by atoms with Gasteiger partial charge in [0, 0.05) is 50.5 Å². The zero-order valence-corrected chi connectivity index (χ0v) is 20.1. The van der Waals surface area contributed by atoms with Crippen molar-refractivity contribution in [3.8, 4) is 11.5 Å². The van der Waals surface area contributed by atoms with Crippen LogP contribution in [0, 0.1) is 6.92 Å². The van der Waals surface area contributed by atoms with Crippen LogP contribution in [0.1, 0.15) is 49.8 Å². The number of hydrogen-bond acceptors (Lipinski definition) is 5. The van der Waals surface area contributed by atoms with Crippen molar-refractivity contribution in [3.05, 3.63) is 53.1 Å². The lowest BCUT2D eigenvalue weighted by Gasteiger charge is -2.44. The topological polar surface area (TPSA) is 86.2 Å². The summed E-state index contributed by atoms with van der Waals surface area (Å²) in [5, 5.41) is 18.4. The Morgan fingerprint density at radius 2 is 2.03 bits per heavy atom. The van der Waals surface area contributed by atoms with E-state index in [-0.39, 0.29) is 11.7 Å². The number of likely N-dealkylation sites (tertiary alicyclic amines) is 1. The number of para-hydroxylation sites is 1. The predicted octanol–water partition coefficient (Wildman–Crippen LogP) is 4.12. The number of phenolic OH excluding ortho intramolecular Hbond substituents is 1. The molecule has 2 aromatic carbocycles. The number of aryl methyl sites for hydroxylation is 2. The lowest BCUT2D eigenvalue weighted by Crippen LogP contribution is -2.52. The minimum atomic E-state index is -0.434. The number of ether oxygens (including phenoxy) is 1. The second-order valence-electron chi connectivity index (χ2n) is 8.74. The number of hydrogen-bond donors (Lipinski definition) is 3. The molecule has 2 aromatic rings. The maximum absolute atomic E-state index is 11.8. The van der Waals surface area contributed by atoms with Crippen LogP contribution in [0.15, 0.2) is 41.5 Å². The van der Waals surface area contributed by atoms with E-state index in [0.717, 1.165) is 41.8 Å². The standard InChI is InChI=1S/C25H30N4O3S/c1-4-18-7-5-6-16(2)23(18)26-24(33)28-27-21-15-25(10-12-29(13-11-25)17(3)30)32-22-9-8-19(31)14-20(21)22/h5-9,14,31H,4,10-13,15H2,1-3H3,(H2,26,28,33)/b27-21-. The van der Waals surface area contributed by atoms with Crippen molar-refractivity contribution in [2.24, 2.45) is 5.10 Å². The fourth-order valence-corrected chi connectivity index (χ4v) is 4.72. The molecule has 7 nitrogen and oxygen atoms in total. The van der Waals surface area contributed by atoms with Crippen LogP contribution < -0.4 is 15.5 Å². The Bertz CT molecular complexity index is 1110. The van der Waals surface area contributed by atoms with Gasteiger partial charge in [-0.1, -0.05) is 25.1 Å². The number of amides is 1. The van der Waals surface area contributed by atoms with Crippen LogP contribution in [-0.2, 0) is 11.2 Å². The van der Waals surface area contributed by atoms with Gasteiger partial charge in [0.05, 0.1) is 5.71 Å². The lowest BCUT2D eigenvalue weighted by molar-refractivity contribution is -0.132. The van der Waals surface area contributed by atoms with Crippen LogP contribution in [0.25, 0.3) is 0 Å². The van der Waals surface area contributed by atoms with Gasteiger partial charge in [0.1, 0.15) is 17.1 Å². The van der Waals surface area contributed by atoms with E-state index in [2.05, 4.69) is 28.8 Å². The van der Waals surface area contributed by atoms with E-state index in [0.29, 0.717) is 30.4 Å². The van der Waals surface area contributed by atoms with Crippen molar-refractivity contribution >= 4 is 34.6 Å². The van der Waals surface area contributed by atoms with E-state index in [9.17, 15) is 9.90 Å². The maximum atomic E-state index is 11.8. The number of carbonyl (C=O) groups excluding carboxylic acids is 1. The van der Waals surface area contributed by atoms with Crippen molar-refractivity contribution in [2.75, 3.05) is 18.4 Å². The molecule has 0 aliphatic carbocycles. The molecule has 0 saturated carbocycles. The van der Waals surface area contributed by atoms with Gasteiger partial charge in [-0.3, -0.25) is 10.2 Å². The summed E-state index contributed by atoms with van der Waals surface area (Å²) in [4.78, 5) is 13.6. The molecule has 0 atom stereocenters. The molecule has 8 heteroatoms. The first kappa shape index (κ1) is 23.0. The SMILES string of the molecule is CCc1cccc(C)c1NC(=S)N/N=C1/CC2(CCN(C(C)=O)CC2)Oc2ccc(O)cc21. The third-order valence-corrected chi connectivity index (χ3v) is 6.67. The van der Waals surface area contributed by atoms with Crippen molar-refractivity contribution in [2.45, 2.75) is 52.1 Å². The van der Waals surface area contributed by atoms with E-state index >= 15 is 0 Å². The molecule has 2 aliphatic rings. The molecule has 0 aromatic heterocycles. The van der Waals surface area contributed by atoms with Gasteiger partial charge in [0.25, 0.3) is 0 Å². The summed E-state index contributed by atoms with van der Waals surface area (Å²) in [7, 11) is 0. The quantitative estimate of drug-likeness (QED) is 0.466. The number of benzene rings is 2. The van der Waals surface area contributed by atoms with Gasteiger partial charge in [-0.25, -0.2) is 0 Å². The van der Waals surface area contributed by atoms with E-state index in [1.54, 1.807) is 25.1 Å². The van der Waals surface area contributed by atoms with Gasteiger partial charge in [0.2, 0.25) is 5.91 Å². The highest BCUT2D eigenvalue weighted by Gasteiger charge is 2.42. The number of rotatable bonds is 3. The number of nitrogens with zero attached hydrogens (tertiary/aromatic N) is 2. The van der Waals surface area contributed by atoms with Gasteiger partial charge in [-0.15, -0.1) is 0 Å². The van der Waals surface area contributed by atoms with E-state index in [4.69, 9.17) is 17.0 Å². The Morgan fingerprint density at radius 3 is 2.73 bits per heavy atom. The zero-order chi connectivity index (χ0) is 23.6. The first-order chi connectivity index (χ1) is 15.8. The van der Waals surface area contributed by atoms with Crippen LogP contribution in [0.3, 0.4) is 0 Å². The van der Waals surface area contributed by atoms with Crippen molar-refractivity contribution in [1.29, 1.82) is 0 Å². The van der Waals surface area contributed by atoms with Crippen LogP contribution in [0.5, 0.6) is 11.5 Å².